The molecular formula is C24H25N3OS. The number of hydrogen-bond acceptors (Lipinski definition) is 4. The molecule has 0 spiro atoms. The molecule has 4 nitrogen and oxygen atoms in total. The molecule has 3 aromatic rings. The van der Waals surface area contributed by atoms with Gasteiger partial charge in [-0.2, -0.15) is 0 Å². The van der Waals surface area contributed by atoms with Crippen LogP contribution in [0.5, 0.6) is 0 Å². The van der Waals surface area contributed by atoms with E-state index in [9.17, 15) is 4.79 Å². The molecule has 0 amide bonds. The molecule has 4 rings (SSSR count). The molecule has 0 bridgehead atoms. The summed E-state index contributed by atoms with van der Waals surface area (Å²) in [5, 5.41) is 9.28. The van der Waals surface area contributed by atoms with Gasteiger partial charge in [-0.05, 0) is 32.3 Å². The summed E-state index contributed by atoms with van der Waals surface area (Å²) in [6.45, 7) is 8.61. The molecule has 0 saturated heterocycles. The molecule has 5 heteroatoms. The summed E-state index contributed by atoms with van der Waals surface area (Å²) in [5.74, 6) is 1.58. The van der Waals surface area contributed by atoms with Gasteiger partial charge in [-0.15, -0.1) is 16.8 Å². The standard InChI is InChI=1S/C24H25N3OS/c1-4-15-27-23(20-13-14-20)25-26-24(27)29-22(19-11-7-17(3)8-12-19)21(28)18-9-5-16(2)6-10-18/h4-12,20,22H,1,13-15H2,2-3H3. The SMILES string of the molecule is C=CCn1c(SC(C(=O)c2ccc(C)cc2)c2ccc(C)cc2)nnc1C1CC1. The lowest BCUT2D eigenvalue weighted by Crippen LogP contribution is -2.12. The molecule has 148 valence electrons. The van der Waals surface area contributed by atoms with E-state index in [0.717, 1.165) is 34.9 Å². The normalized spacial score (nSPS) is 14.6. The van der Waals surface area contributed by atoms with Crippen LogP contribution in [-0.2, 0) is 6.54 Å². The van der Waals surface area contributed by atoms with Crippen molar-refractivity contribution in [2.75, 3.05) is 0 Å². The molecule has 1 heterocycles. The number of carbonyl (C=O) groups is 1. The number of benzene rings is 2. The maximum absolute atomic E-state index is 13.5. The highest BCUT2D eigenvalue weighted by Crippen LogP contribution is 2.42. The summed E-state index contributed by atoms with van der Waals surface area (Å²) >= 11 is 1.48. The summed E-state index contributed by atoms with van der Waals surface area (Å²) < 4.78 is 2.11. The van der Waals surface area contributed by atoms with E-state index >= 15 is 0 Å². The molecule has 1 fully saturated rings. The van der Waals surface area contributed by atoms with Crippen LogP contribution in [0, 0.1) is 13.8 Å². The molecule has 29 heavy (non-hydrogen) atoms. The van der Waals surface area contributed by atoms with Crippen molar-refractivity contribution in [2.45, 2.75) is 49.6 Å². The van der Waals surface area contributed by atoms with E-state index in [0.29, 0.717) is 18.0 Å². The van der Waals surface area contributed by atoms with Crippen LogP contribution in [0.2, 0.25) is 0 Å². The Bertz CT molecular complexity index is 1020. The number of ketones is 1. The zero-order valence-corrected chi connectivity index (χ0v) is 17.7. The third-order valence-corrected chi connectivity index (χ3v) is 6.41. The maximum atomic E-state index is 13.5. The van der Waals surface area contributed by atoms with Crippen molar-refractivity contribution in [1.29, 1.82) is 0 Å². The summed E-state index contributed by atoms with van der Waals surface area (Å²) in [6, 6.07) is 16.0. The quantitative estimate of drug-likeness (QED) is 0.276. The van der Waals surface area contributed by atoms with Gasteiger partial charge in [0.15, 0.2) is 10.9 Å². The Hall–Kier alpha value is -2.66. The molecule has 0 N–H and O–H groups in total. The fourth-order valence-electron chi connectivity index (χ4n) is 3.32. The highest BCUT2D eigenvalue weighted by atomic mass is 32.2. The molecule has 2 aromatic carbocycles. The van der Waals surface area contributed by atoms with Gasteiger partial charge >= 0.3 is 0 Å². The van der Waals surface area contributed by atoms with E-state index in [1.807, 2.05) is 49.4 Å². The minimum atomic E-state index is -0.377. The Morgan fingerprint density at radius 2 is 1.72 bits per heavy atom. The molecule has 1 aromatic heterocycles. The van der Waals surface area contributed by atoms with Gasteiger partial charge in [-0.3, -0.25) is 4.79 Å². The van der Waals surface area contributed by atoms with Gasteiger partial charge in [0.05, 0.1) is 0 Å². The maximum Gasteiger partial charge on any atom is 0.192 e. The van der Waals surface area contributed by atoms with Gasteiger partial charge in [0.2, 0.25) is 0 Å². The fraction of sp³-hybridized carbons (Fsp3) is 0.292. The number of aryl methyl sites for hydroxylation is 2. The predicted octanol–water partition coefficient (Wildman–Crippen LogP) is 5.67. The van der Waals surface area contributed by atoms with Crippen molar-refractivity contribution < 1.29 is 4.79 Å². The van der Waals surface area contributed by atoms with Crippen LogP contribution < -0.4 is 0 Å². The largest absolute Gasteiger partial charge is 0.302 e. The second-order valence-corrected chi connectivity index (χ2v) is 8.73. The Kier molecular flexibility index (Phi) is 5.67. The van der Waals surface area contributed by atoms with Gasteiger partial charge in [-0.1, -0.05) is 77.5 Å². The van der Waals surface area contributed by atoms with Crippen LogP contribution in [0.25, 0.3) is 0 Å². The number of Topliss-reactive ketones (excluding diaryl/α,β-unsaturated/α-hetero) is 1. The number of aromatic nitrogens is 3. The Labute approximate surface area is 176 Å². The fourth-order valence-corrected chi connectivity index (χ4v) is 4.45. The molecular weight excluding hydrogens is 378 g/mol. The monoisotopic (exact) mass is 403 g/mol. The summed E-state index contributed by atoms with van der Waals surface area (Å²) in [6.07, 6.45) is 4.18. The van der Waals surface area contributed by atoms with E-state index in [1.54, 1.807) is 0 Å². The second-order valence-electron chi connectivity index (χ2n) is 7.65. The number of carbonyl (C=O) groups excluding carboxylic acids is 1. The topological polar surface area (TPSA) is 47.8 Å². The van der Waals surface area contributed by atoms with Crippen molar-refractivity contribution in [3.8, 4) is 0 Å². The summed E-state index contributed by atoms with van der Waals surface area (Å²) in [7, 11) is 0. The summed E-state index contributed by atoms with van der Waals surface area (Å²) in [5.41, 5.74) is 4.00. The number of thioether (sulfide) groups is 1. The first-order valence-electron chi connectivity index (χ1n) is 9.95. The minimum Gasteiger partial charge on any atom is -0.302 e. The number of nitrogens with zero attached hydrogens (tertiary/aromatic N) is 3. The second kappa shape index (κ2) is 8.37. The molecule has 0 aliphatic heterocycles. The van der Waals surface area contributed by atoms with Crippen LogP contribution in [0.3, 0.4) is 0 Å². The zero-order chi connectivity index (χ0) is 20.4. The lowest BCUT2D eigenvalue weighted by atomic mass is 10.0. The average molecular weight is 404 g/mol. The van der Waals surface area contributed by atoms with E-state index in [2.05, 4.69) is 40.4 Å². The first kappa shape index (κ1) is 19.6. The first-order valence-corrected chi connectivity index (χ1v) is 10.8. The average Bonchev–Trinajstić information content (AvgIpc) is 3.49. The highest BCUT2D eigenvalue weighted by molar-refractivity contribution is 8.00. The van der Waals surface area contributed by atoms with Gasteiger partial charge < -0.3 is 4.57 Å². The Balaban J connectivity index is 1.71. The van der Waals surface area contributed by atoms with Crippen LogP contribution >= 0.6 is 11.8 Å². The molecule has 1 saturated carbocycles. The lowest BCUT2D eigenvalue weighted by molar-refractivity contribution is 0.0989. The van der Waals surface area contributed by atoms with Crippen LogP contribution in [0.1, 0.15) is 56.9 Å². The third-order valence-electron chi connectivity index (χ3n) is 5.18. The van der Waals surface area contributed by atoms with Crippen molar-refractivity contribution in [1.82, 2.24) is 14.8 Å². The molecule has 0 radical (unpaired) electrons. The molecule has 1 atom stereocenters. The van der Waals surface area contributed by atoms with Crippen molar-refractivity contribution in [2.24, 2.45) is 0 Å². The van der Waals surface area contributed by atoms with Gasteiger partial charge in [-0.25, -0.2) is 0 Å². The lowest BCUT2D eigenvalue weighted by Gasteiger charge is -2.17. The number of rotatable bonds is 8. The van der Waals surface area contributed by atoms with Gasteiger partial charge in [0.1, 0.15) is 11.1 Å². The number of hydrogen-bond donors (Lipinski definition) is 0. The summed E-state index contributed by atoms with van der Waals surface area (Å²) in [4.78, 5) is 13.5. The van der Waals surface area contributed by atoms with E-state index in [1.165, 1.54) is 17.3 Å². The number of allylic oxidation sites excluding steroid dienone is 1. The van der Waals surface area contributed by atoms with Crippen molar-refractivity contribution in [3.05, 3.63) is 89.3 Å². The minimum absolute atomic E-state index is 0.0833. The smallest absolute Gasteiger partial charge is 0.192 e. The van der Waals surface area contributed by atoms with Gasteiger partial charge in [0, 0.05) is 18.0 Å². The molecule has 1 unspecified atom stereocenters. The van der Waals surface area contributed by atoms with Gasteiger partial charge in [0.25, 0.3) is 0 Å². The van der Waals surface area contributed by atoms with E-state index in [4.69, 9.17) is 0 Å². The zero-order valence-electron chi connectivity index (χ0n) is 16.8. The molecule has 1 aliphatic rings. The first-order chi connectivity index (χ1) is 14.1. The van der Waals surface area contributed by atoms with E-state index < -0.39 is 0 Å². The Morgan fingerprint density at radius 1 is 1.10 bits per heavy atom. The molecule has 1 aliphatic carbocycles. The van der Waals surface area contributed by atoms with Crippen LogP contribution in [0.4, 0.5) is 0 Å². The predicted molar refractivity (Wildman–Crippen MR) is 117 cm³/mol. The van der Waals surface area contributed by atoms with E-state index in [-0.39, 0.29) is 11.0 Å². The Morgan fingerprint density at radius 3 is 2.31 bits per heavy atom. The van der Waals surface area contributed by atoms with Crippen molar-refractivity contribution in [3.63, 3.8) is 0 Å². The van der Waals surface area contributed by atoms with Crippen LogP contribution in [0.15, 0.2) is 66.3 Å². The third kappa shape index (κ3) is 4.35. The van der Waals surface area contributed by atoms with Crippen molar-refractivity contribution >= 4 is 17.5 Å². The van der Waals surface area contributed by atoms with Crippen LogP contribution in [-0.4, -0.2) is 20.5 Å². The highest BCUT2D eigenvalue weighted by Gasteiger charge is 2.32.